The zero-order valence-electron chi connectivity index (χ0n) is 27.7. The Morgan fingerprint density at radius 3 is 2.46 bits per heavy atom. The number of carbonyl (C=O) groups is 3. The first kappa shape index (κ1) is 30.6. The Bertz CT molecular complexity index is 1530. The smallest absolute Gasteiger partial charge is 0.254 e. The van der Waals surface area contributed by atoms with Gasteiger partial charge in [0.25, 0.3) is 5.91 Å². The number of rotatable bonds is 3. The number of hydrogen-bond donors (Lipinski definition) is 1. The highest BCUT2D eigenvalue weighted by Crippen LogP contribution is 2.65. The van der Waals surface area contributed by atoms with Crippen LogP contribution in [0.2, 0.25) is 0 Å². The number of amides is 2. The van der Waals surface area contributed by atoms with Crippen LogP contribution in [0.3, 0.4) is 0 Å². The van der Waals surface area contributed by atoms with Crippen molar-refractivity contribution in [2.24, 2.45) is 34.5 Å². The highest BCUT2D eigenvalue weighted by atomic mass is 16.3. The number of hydrogen-bond acceptors (Lipinski definition) is 5. The Kier molecular flexibility index (Phi) is 7.60. The molecule has 8 rings (SSSR count). The molecule has 9 atom stereocenters. The minimum atomic E-state index is -0.399. The van der Waals surface area contributed by atoms with Crippen LogP contribution in [0.25, 0.3) is 10.8 Å². The Balaban J connectivity index is 0.924. The Labute approximate surface area is 273 Å². The Hall–Kier alpha value is -2.77. The minimum Gasteiger partial charge on any atom is -0.391 e. The molecule has 4 unspecified atom stereocenters. The lowest BCUT2D eigenvalue weighted by Crippen LogP contribution is -2.62. The van der Waals surface area contributed by atoms with Gasteiger partial charge in [0, 0.05) is 56.2 Å². The summed E-state index contributed by atoms with van der Waals surface area (Å²) in [5, 5.41) is 13.6. The van der Waals surface area contributed by atoms with E-state index in [2.05, 4.69) is 18.7 Å². The van der Waals surface area contributed by atoms with Gasteiger partial charge in [-0.05, 0) is 110 Å². The molecule has 7 heteroatoms. The molecule has 1 N–H and O–H groups in total. The first-order chi connectivity index (χ1) is 22.2. The average molecular weight is 626 g/mol. The van der Waals surface area contributed by atoms with Gasteiger partial charge < -0.3 is 14.9 Å². The maximum Gasteiger partial charge on any atom is 0.254 e. The van der Waals surface area contributed by atoms with Gasteiger partial charge in [0.05, 0.1) is 6.10 Å². The number of piperazine rings is 1. The van der Waals surface area contributed by atoms with Crippen LogP contribution in [0.4, 0.5) is 0 Å². The molecular weight excluding hydrogens is 574 g/mol. The van der Waals surface area contributed by atoms with Crippen LogP contribution in [-0.2, 0) is 9.59 Å². The fraction of sp³-hybridized carbons (Fsp3) is 0.667. The van der Waals surface area contributed by atoms with Crippen LogP contribution < -0.4 is 0 Å². The molecule has 6 aliphatic rings. The summed E-state index contributed by atoms with van der Waals surface area (Å²) < 4.78 is 0. The van der Waals surface area contributed by atoms with E-state index in [-0.39, 0.29) is 34.8 Å². The van der Waals surface area contributed by atoms with Crippen LogP contribution in [0, 0.1) is 34.5 Å². The van der Waals surface area contributed by atoms with E-state index >= 15 is 0 Å². The number of carbonyl (C=O) groups excluding carboxylic acids is 3. The van der Waals surface area contributed by atoms with Gasteiger partial charge in [0.2, 0.25) is 5.91 Å². The molecule has 2 saturated heterocycles. The van der Waals surface area contributed by atoms with Gasteiger partial charge in [-0.3, -0.25) is 19.3 Å². The lowest BCUT2D eigenvalue weighted by Gasteiger charge is -2.62. The number of likely N-dealkylation sites (tertiary alicyclic amines) is 1. The first-order valence-electron chi connectivity index (χ1n) is 18.2. The topological polar surface area (TPSA) is 81.2 Å². The van der Waals surface area contributed by atoms with E-state index in [1.807, 2.05) is 47.4 Å². The molecule has 6 fully saturated rings. The summed E-state index contributed by atoms with van der Waals surface area (Å²) in [6.07, 6.45) is 9.55. The zero-order chi connectivity index (χ0) is 31.8. The standard InChI is InChI=1S/C39H51N3O4/c1-38-16-15-31-29(30(38)13-14-35(38)44)12-11-28-23-34(43)33(24-39(28,31)2)40-18-20-41(21-19-40)37(46)32-8-5-17-42(32)36(45)27-10-9-25-6-3-4-7-26(25)22-27/h3-4,6-7,9-10,22,28-34,43H,5,8,11-21,23-24H2,1-2H3/t28?,29?,30?,31?,32-,33-,34-,38-,39-/m0/s1. The predicted molar refractivity (Wildman–Crippen MR) is 178 cm³/mol. The summed E-state index contributed by atoms with van der Waals surface area (Å²) in [5.41, 5.74) is 0.740. The second kappa shape index (κ2) is 11.4. The van der Waals surface area contributed by atoms with Gasteiger partial charge in [-0.25, -0.2) is 0 Å². The summed E-state index contributed by atoms with van der Waals surface area (Å²) in [6.45, 7) is 8.22. The molecule has 7 nitrogen and oxygen atoms in total. The molecular formula is C39H51N3O4. The third-order valence-corrected chi connectivity index (χ3v) is 14.3. The number of benzene rings is 2. The normalized spacial score (nSPS) is 39.6. The number of aliphatic hydroxyl groups excluding tert-OH is 1. The van der Waals surface area contributed by atoms with E-state index in [9.17, 15) is 19.5 Å². The average Bonchev–Trinajstić information content (AvgIpc) is 3.68. The van der Waals surface area contributed by atoms with Crippen LogP contribution in [0.1, 0.15) is 88.4 Å². The molecule has 4 saturated carbocycles. The predicted octanol–water partition coefficient (Wildman–Crippen LogP) is 5.54. The van der Waals surface area contributed by atoms with E-state index < -0.39 is 6.04 Å². The van der Waals surface area contributed by atoms with Crippen LogP contribution >= 0.6 is 0 Å². The van der Waals surface area contributed by atoms with Gasteiger partial charge in [0.1, 0.15) is 11.8 Å². The Morgan fingerprint density at radius 2 is 1.65 bits per heavy atom. The number of fused-ring (bicyclic) bond motifs is 6. The van der Waals surface area contributed by atoms with Gasteiger partial charge in [-0.15, -0.1) is 0 Å². The maximum atomic E-state index is 13.9. The van der Waals surface area contributed by atoms with Crippen molar-refractivity contribution in [3.63, 3.8) is 0 Å². The van der Waals surface area contributed by atoms with E-state index in [1.54, 1.807) is 4.90 Å². The monoisotopic (exact) mass is 625 g/mol. The third kappa shape index (κ3) is 4.77. The largest absolute Gasteiger partial charge is 0.391 e. The number of Topliss-reactive ketones (excluding diaryl/α,β-unsaturated/α-hetero) is 1. The molecule has 2 aromatic rings. The summed E-state index contributed by atoms with van der Waals surface area (Å²) in [7, 11) is 0. The molecule has 0 radical (unpaired) electrons. The molecule has 246 valence electrons. The fourth-order valence-corrected chi connectivity index (χ4v) is 11.7. The van der Waals surface area contributed by atoms with Crippen LogP contribution in [0.15, 0.2) is 42.5 Å². The number of nitrogens with zero attached hydrogens (tertiary/aromatic N) is 3. The summed E-state index contributed by atoms with van der Waals surface area (Å²) in [6, 6.07) is 13.6. The van der Waals surface area contributed by atoms with E-state index in [1.165, 1.54) is 12.8 Å². The van der Waals surface area contributed by atoms with E-state index in [0.29, 0.717) is 61.1 Å². The summed E-state index contributed by atoms with van der Waals surface area (Å²) in [4.78, 5) is 46.7. The van der Waals surface area contributed by atoms with Crippen molar-refractivity contribution in [2.45, 2.75) is 96.2 Å². The zero-order valence-corrected chi connectivity index (χ0v) is 27.7. The van der Waals surface area contributed by atoms with E-state index in [4.69, 9.17) is 0 Å². The van der Waals surface area contributed by atoms with Gasteiger partial charge >= 0.3 is 0 Å². The molecule has 2 heterocycles. The van der Waals surface area contributed by atoms with Crippen LogP contribution in [0.5, 0.6) is 0 Å². The van der Waals surface area contributed by atoms with E-state index in [0.717, 1.165) is 68.8 Å². The molecule has 2 aliphatic heterocycles. The first-order valence-corrected chi connectivity index (χ1v) is 18.2. The number of ketones is 1. The maximum absolute atomic E-state index is 13.9. The van der Waals surface area contributed by atoms with Crippen molar-refractivity contribution in [1.82, 2.24) is 14.7 Å². The number of aliphatic hydroxyl groups is 1. The fourth-order valence-electron chi connectivity index (χ4n) is 11.7. The molecule has 0 bridgehead atoms. The molecule has 2 aromatic carbocycles. The lowest BCUT2D eigenvalue weighted by molar-refractivity contribution is -0.155. The molecule has 2 amide bonds. The Morgan fingerprint density at radius 1 is 0.870 bits per heavy atom. The van der Waals surface area contributed by atoms with Crippen molar-refractivity contribution >= 4 is 28.4 Å². The van der Waals surface area contributed by atoms with Gasteiger partial charge in [0.15, 0.2) is 0 Å². The quantitative estimate of drug-likeness (QED) is 0.485. The van der Waals surface area contributed by atoms with Crippen molar-refractivity contribution in [3.05, 3.63) is 48.0 Å². The molecule has 46 heavy (non-hydrogen) atoms. The van der Waals surface area contributed by atoms with Gasteiger partial charge in [-0.1, -0.05) is 44.2 Å². The third-order valence-electron chi connectivity index (χ3n) is 14.3. The lowest BCUT2D eigenvalue weighted by atomic mass is 9.44. The van der Waals surface area contributed by atoms with Crippen molar-refractivity contribution in [3.8, 4) is 0 Å². The SMILES string of the molecule is C[C@]12C[C@H](N3CCN(C(=O)[C@@H]4CCCN4C(=O)c4ccc5ccccc5c4)CC3)[C@@H](O)CC1CCC1C2CC[C@]2(C)C(=O)CCC12. The second-order valence-corrected chi connectivity index (χ2v) is 16.2. The minimum absolute atomic E-state index is 0.0517. The van der Waals surface area contributed by atoms with Crippen molar-refractivity contribution in [1.29, 1.82) is 0 Å². The second-order valence-electron chi connectivity index (χ2n) is 16.2. The molecule has 0 aromatic heterocycles. The van der Waals surface area contributed by atoms with Crippen molar-refractivity contribution in [2.75, 3.05) is 32.7 Å². The highest BCUT2D eigenvalue weighted by molar-refractivity contribution is 6.01. The van der Waals surface area contributed by atoms with Crippen LogP contribution in [-0.4, -0.2) is 88.3 Å². The van der Waals surface area contributed by atoms with Gasteiger partial charge in [-0.2, -0.15) is 0 Å². The molecule has 0 spiro atoms. The molecule has 4 aliphatic carbocycles. The highest BCUT2D eigenvalue weighted by Gasteiger charge is 2.61. The van der Waals surface area contributed by atoms with Crippen molar-refractivity contribution < 1.29 is 19.5 Å². The summed E-state index contributed by atoms with van der Waals surface area (Å²) >= 11 is 0. The summed E-state index contributed by atoms with van der Waals surface area (Å²) in [5.74, 6) is 2.91.